The summed E-state index contributed by atoms with van der Waals surface area (Å²) in [6.07, 6.45) is 0. The molecule has 10 heteroatoms. The van der Waals surface area contributed by atoms with Crippen molar-refractivity contribution in [2.24, 2.45) is 0 Å². The predicted molar refractivity (Wildman–Crippen MR) is 114 cm³/mol. The van der Waals surface area contributed by atoms with E-state index >= 15 is 0 Å². The Morgan fingerprint density at radius 1 is 1.09 bits per heavy atom. The summed E-state index contributed by atoms with van der Waals surface area (Å²) in [7, 11) is -2.74. The van der Waals surface area contributed by atoms with Gasteiger partial charge in [0.25, 0.3) is 0 Å². The van der Waals surface area contributed by atoms with Crippen LogP contribution in [0, 0.1) is 11.6 Å². The summed E-state index contributed by atoms with van der Waals surface area (Å²) in [6, 6.07) is 13.3. The number of carbonyl (C=O) groups is 1. The number of hydrogen-bond donors (Lipinski definition) is 2. The Morgan fingerprint density at radius 2 is 1.78 bits per heavy atom. The van der Waals surface area contributed by atoms with Crippen molar-refractivity contribution in [2.45, 2.75) is 11.4 Å². The number of benzene rings is 3. The molecule has 0 bridgehead atoms. The Kier molecular flexibility index (Phi) is 6.75. The fourth-order valence-electron chi connectivity index (χ4n) is 3.02. The quantitative estimate of drug-likeness (QED) is 0.496. The molecule has 0 heterocycles. The summed E-state index contributed by atoms with van der Waals surface area (Å²) in [5.74, 6) is -2.62. The lowest BCUT2D eigenvalue weighted by molar-refractivity contribution is -0.139. The number of nitrogen functional groups attached to an aromatic ring is 1. The van der Waals surface area contributed by atoms with Gasteiger partial charge in [-0.1, -0.05) is 12.1 Å². The van der Waals surface area contributed by atoms with Gasteiger partial charge in [-0.15, -0.1) is 0 Å². The lowest BCUT2D eigenvalue weighted by atomic mass is 10.0. The van der Waals surface area contributed by atoms with Crippen LogP contribution in [0.4, 0.5) is 14.5 Å². The first-order chi connectivity index (χ1) is 15.1. The molecule has 0 radical (unpaired) electrons. The minimum absolute atomic E-state index is 0.0247. The van der Waals surface area contributed by atoms with Crippen LogP contribution in [-0.4, -0.2) is 37.5 Å². The monoisotopic (exact) mass is 462 g/mol. The molecule has 0 unspecified atom stereocenters. The third-order valence-corrected chi connectivity index (χ3v) is 6.43. The van der Waals surface area contributed by atoms with Gasteiger partial charge in [-0.25, -0.2) is 22.0 Å². The molecule has 3 aromatic carbocycles. The average Bonchev–Trinajstić information content (AvgIpc) is 2.74. The van der Waals surface area contributed by atoms with E-state index in [-0.39, 0.29) is 22.8 Å². The van der Waals surface area contributed by atoms with E-state index in [4.69, 9.17) is 15.6 Å². The fourth-order valence-corrected chi connectivity index (χ4v) is 4.17. The van der Waals surface area contributed by atoms with Gasteiger partial charge in [-0.2, -0.15) is 4.31 Å². The number of sulfonamides is 1. The van der Waals surface area contributed by atoms with Gasteiger partial charge < -0.3 is 15.6 Å². The van der Waals surface area contributed by atoms with E-state index in [1.807, 2.05) is 0 Å². The molecule has 3 rings (SSSR count). The molecule has 0 saturated heterocycles. The molecular weight excluding hydrogens is 442 g/mol. The van der Waals surface area contributed by atoms with Gasteiger partial charge in [0.05, 0.1) is 4.90 Å². The maximum Gasteiger partial charge on any atom is 0.341 e. The molecule has 0 aliphatic heterocycles. The summed E-state index contributed by atoms with van der Waals surface area (Å²) in [5, 5.41) is 8.90. The molecule has 0 aromatic heterocycles. The van der Waals surface area contributed by atoms with Crippen LogP contribution in [0.25, 0.3) is 11.1 Å². The van der Waals surface area contributed by atoms with Crippen molar-refractivity contribution in [1.29, 1.82) is 0 Å². The number of aliphatic carboxylic acids is 1. The van der Waals surface area contributed by atoms with Gasteiger partial charge in [0.2, 0.25) is 10.0 Å². The molecule has 0 fully saturated rings. The summed E-state index contributed by atoms with van der Waals surface area (Å²) >= 11 is 0. The first-order valence-electron chi connectivity index (χ1n) is 9.33. The predicted octanol–water partition coefficient (Wildman–Crippen LogP) is 3.50. The van der Waals surface area contributed by atoms with Crippen molar-refractivity contribution in [3.05, 3.63) is 77.9 Å². The zero-order chi connectivity index (χ0) is 23.5. The van der Waals surface area contributed by atoms with Crippen molar-refractivity contribution in [3.8, 4) is 16.9 Å². The van der Waals surface area contributed by atoms with Gasteiger partial charge in [0.15, 0.2) is 6.61 Å². The van der Waals surface area contributed by atoms with Crippen LogP contribution in [0.5, 0.6) is 5.75 Å². The number of carboxylic acids is 1. The maximum absolute atomic E-state index is 14.8. The van der Waals surface area contributed by atoms with Gasteiger partial charge in [0, 0.05) is 36.5 Å². The second-order valence-corrected chi connectivity index (χ2v) is 9.01. The van der Waals surface area contributed by atoms with Crippen LogP contribution >= 0.6 is 0 Å². The molecule has 0 amide bonds. The van der Waals surface area contributed by atoms with E-state index in [0.717, 1.165) is 34.6 Å². The molecule has 0 saturated carbocycles. The largest absolute Gasteiger partial charge is 0.481 e. The highest BCUT2D eigenvalue weighted by Crippen LogP contribution is 2.34. The molecule has 32 heavy (non-hydrogen) atoms. The zero-order valence-electron chi connectivity index (χ0n) is 17.0. The number of nitrogens with two attached hydrogens (primary N) is 1. The molecule has 0 aliphatic carbocycles. The minimum atomic E-state index is -4.02. The fraction of sp³-hybridized carbons (Fsp3) is 0.136. The van der Waals surface area contributed by atoms with Crippen molar-refractivity contribution in [2.75, 3.05) is 19.4 Å². The summed E-state index contributed by atoms with van der Waals surface area (Å²) in [6.45, 7) is -1.02. The smallest absolute Gasteiger partial charge is 0.341 e. The third-order valence-electron chi connectivity index (χ3n) is 4.61. The molecular formula is C22H20F2N2O5S. The lowest BCUT2D eigenvalue weighted by Gasteiger charge is -2.19. The van der Waals surface area contributed by atoms with Gasteiger partial charge >= 0.3 is 5.97 Å². The molecule has 7 nitrogen and oxygen atoms in total. The molecule has 0 spiro atoms. The van der Waals surface area contributed by atoms with Crippen LogP contribution in [-0.2, 0) is 21.4 Å². The molecule has 168 valence electrons. The highest BCUT2D eigenvalue weighted by atomic mass is 32.2. The van der Waals surface area contributed by atoms with Crippen molar-refractivity contribution in [3.63, 3.8) is 0 Å². The maximum atomic E-state index is 14.8. The van der Waals surface area contributed by atoms with Crippen molar-refractivity contribution in [1.82, 2.24) is 4.31 Å². The summed E-state index contributed by atoms with van der Waals surface area (Å²) in [5.41, 5.74) is 7.16. The second-order valence-electron chi connectivity index (χ2n) is 6.96. The van der Waals surface area contributed by atoms with Crippen LogP contribution in [0.3, 0.4) is 0 Å². The van der Waals surface area contributed by atoms with E-state index in [9.17, 15) is 22.0 Å². The van der Waals surface area contributed by atoms with Crippen LogP contribution in [0.15, 0.2) is 65.6 Å². The molecule has 0 aliphatic rings. The van der Waals surface area contributed by atoms with Crippen LogP contribution < -0.4 is 10.5 Å². The number of carboxylic acid groups (broad SMARTS) is 1. The highest BCUT2D eigenvalue weighted by Gasteiger charge is 2.23. The Hall–Kier alpha value is -3.50. The van der Waals surface area contributed by atoms with Crippen LogP contribution in [0.1, 0.15) is 5.56 Å². The first kappa shape index (κ1) is 23.2. The third kappa shape index (κ3) is 5.21. The van der Waals surface area contributed by atoms with Gasteiger partial charge in [-0.05, 0) is 48.0 Å². The van der Waals surface area contributed by atoms with Crippen LogP contribution in [0.2, 0.25) is 0 Å². The van der Waals surface area contributed by atoms with E-state index < -0.39 is 34.2 Å². The molecule has 3 N–H and O–H groups in total. The molecule has 3 aromatic rings. The summed E-state index contributed by atoms with van der Waals surface area (Å²) in [4.78, 5) is 10.8. The van der Waals surface area contributed by atoms with Gasteiger partial charge in [-0.3, -0.25) is 0 Å². The van der Waals surface area contributed by atoms with E-state index in [1.54, 1.807) is 24.3 Å². The minimum Gasteiger partial charge on any atom is -0.481 e. The van der Waals surface area contributed by atoms with E-state index in [1.165, 1.54) is 13.1 Å². The van der Waals surface area contributed by atoms with Crippen molar-refractivity contribution >= 4 is 21.7 Å². The Morgan fingerprint density at radius 3 is 2.41 bits per heavy atom. The topological polar surface area (TPSA) is 110 Å². The first-order valence-corrected chi connectivity index (χ1v) is 10.8. The molecule has 0 atom stereocenters. The number of ether oxygens (including phenoxy) is 1. The standard InChI is InChI=1S/C22H20F2N2O5S/c1-26(32(29,30)18-7-5-16(23)6-8-18)12-15-10-19(14-3-2-4-17(25)9-14)21(11-20(15)24)31-13-22(27)28/h2-11H,12-13,25H2,1H3,(H,27,28). The van der Waals surface area contributed by atoms with Crippen molar-refractivity contribution < 1.29 is 31.8 Å². The number of rotatable bonds is 8. The Bertz CT molecular complexity index is 1250. The SMILES string of the molecule is CN(Cc1cc(-c2cccc(N)c2)c(OCC(=O)O)cc1F)S(=O)(=O)c1ccc(F)cc1. The Labute approximate surface area is 183 Å². The normalized spacial score (nSPS) is 11.5. The van der Waals surface area contributed by atoms with Gasteiger partial charge in [0.1, 0.15) is 17.4 Å². The highest BCUT2D eigenvalue weighted by molar-refractivity contribution is 7.89. The number of hydrogen-bond acceptors (Lipinski definition) is 5. The average molecular weight is 462 g/mol. The zero-order valence-corrected chi connectivity index (χ0v) is 17.8. The summed E-state index contributed by atoms with van der Waals surface area (Å²) < 4.78 is 59.7. The number of nitrogens with zero attached hydrogens (tertiary/aromatic N) is 1. The van der Waals surface area contributed by atoms with E-state index in [0.29, 0.717) is 16.8 Å². The Balaban J connectivity index is 2.00. The van der Waals surface area contributed by atoms with E-state index in [2.05, 4.69) is 0 Å². The number of anilines is 1. The number of halogens is 2. The second kappa shape index (κ2) is 9.33. The lowest BCUT2D eigenvalue weighted by Crippen LogP contribution is -2.27.